The van der Waals surface area contributed by atoms with Crippen LogP contribution in [0.5, 0.6) is 0 Å². The van der Waals surface area contributed by atoms with Gasteiger partial charge >= 0.3 is 0 Å². The van der Waals surface area contributed by atoms with Crippen LogP contribution in [0.2, 0.25) is 0 Å². The van der Waals surface area contributed by atoms with E-state index in [2.05, 4.69) is 24.1 Å². The Labute approximate surface area is 122 Å². The Morgan fingerprint density at radius 2 is 2.20 bits per heavy atom. The standard InChI is InChI=1S/C17H28N2O/c1-13-6-5-8-17(14(13)2)19-11-15(12-20)10-16-7-3-4-9-18-16/h3-4,7,9,13-15,17,19-20H,5-6,8,10-12H2,1-2H3/t13-,14-,15-,17+/m1/s1. The lowest BCUT2D eigenvalue weighted by Gasteiger charge is -2.35. The van der Waals surface area contributed by atoms with Gasteiger partial charge in [0, 0.05) is 31.1 Å². The van der Waals surface area contributed by atoms with Crippen molar-refractivity contribution in [2.24, 2.45) is 17.8 Å². The first-order valence-electron chi connectivity index (χ1n) is 7.95. The normalized spacial score (nSPS) is 28.2. The molecule has 0 aliphatic heterocycles. The van der Waals surface area contributed by atoms with E-state index in [1.807, 2.05) is 24.4 Å². The molecule has 4 atom stereocenters. The molecule has 1 saturated carbocycles. The van der Waals surface area contributed by atoms with E-state index in [9.17, 15) is 5.11 Å². The summed E-state index contributed by atoms with van der Waals surface area (Å²) in [5, 5.41) is 13.3. The van der Waals surface area contributed by atoms with Crippen molar-refractivity contribution in [3.8, 4) is 0 Å². The minimum Gasteiger partial charge on any atom is -0.396 e. The lowest BCUT2D eigenvalue weighted by molar-refractivity contribution is 0.178. The van der Waals surface area contributed by atoms with Gasteiger partial charge in [0.15, 0.2) is 0 Å². The van der Waals surface area contributed by atoms with E-state index in [1.165, 1.54) is 19.3 Å². The highest BCUT2D eigenvalue weighted by atomic mass is 16.3. The minimum atomic E-state index is 0.222. The van der Waals surface area contributed by atoms with Gasteiger partial charge in [-0.2, -0.15) is 0 Å². The number of aliphatic hydroxyl groups is 1. The molecular formula is C17H28N2O. The Bertz CT molecular complexity index is 382. The number of aliphatic hydroxyl groups excluding tert-OH is 1. The maximum atomic E-state index is 9.57. The second-order valence-corrected chi connectivity index (χ2v) is 6.36. The maximum Gasteiger partial charge on any atom is 0.0475 e. The molecule has 0 bridgehead atoms. The molecule has 3 nitrogen and oxygen atoms in total. The first-order chi connectivity index (χ1) is 9.70. The van der Waals surface area contributed by atoms with Crippen molar-refractivity contribution < 1.29 is 5.11 Å². The lowest BCUT2D eigenvalue weighted by atomic mass is 9.78. The largest absolute Gasteiger partial charge is 0.396 e. The van der Waals surface area contributed by atoms with Crippen molar-refractivity contribution in [3.05, 3.63) is 30.1 Å². The van der Waals surface area contributed by atoms with E-state index < -0.39 is 0 Å². The molecule has 112 valence electrons. The Hall–Kier alpha value is -0.930. The van der Waals surface area contributed by atoms with Gasteiger partial charge in [-0.15, -0.1) is 0 Å². The third-order valence-corrected chi connectivity index (χ3v) is 4.86. The van der Waals surface area contributed by atoms with Crippen molar-refractivity contribution in [1.29, 1.82) is 0 Å². The Kier molecular flexibility index (Phi) is 5.99. The van der Waals surface area contributed by atoms with Crippen molar-refractivity contribution in [1.82, 2.24) is 10.3 Å². The van der Waals surface area contributed by atoms with Gasteiger partial charge in [-0.3, -0.25) is 4.98 Å². The molecule has 1 aromatic rings. The number of nitrogens with zero attached hydrogens (tertiary/aromatic N) is 1. The van der Waals surface area contributed by atoms with Crippen LogP contribution in [0.25, 0.3) is 0 Å². The zero-order valence-corrected chi connectivity index (χ0v) is 12.8. The van der Waals surface area contributed by atoms with Gasteiger partial charge in [0.25, 0.3) is 0 Å². The molecule has 2 rings (SSSR count). The fourth-order valence-corrected chi connectivity index (χ4v) is 3.20. The van der Waals surface area contributed by atoms with Crippen LogP contribution < -0.4 is 5.32 Å². The van der Waals surface area contributed by atoms with Crippen LogP contribution in [0.4, 0.5) is 0 Å². The molecule has 1 aromatic heterocycles. The zero-order valence-electron chi connectivity index (χ0n) is 12.8. The molecule has 1 heterocycles. The second-order valence-electron chi connectivity index (χ2n) is 6.36. The van der Waals surface area contributed by atoms with Gasteiger partial charge < -0.3 is 10.4 Å². The summed E-state index contributed by atoms with van der Waals surface area (Å²) in [6.07, 6.45) is 6.63. The molecule has 3 heteroatoms. The van der Waals surface area contributed by atoms with Crippen LogP contribution >= 0.6 is 0 Å². The zero-order chi connectivity index (χ0) is 14.4. The van der Waals surface area contributed by atoms with Gasteiger partial charge in [0.1, 0.15) is 0 Å². The van der Waals surface area contributed by atoms with Crippen LogP contribution in [0.3, 0.4) is 0 Å². The minimum absolute atomic E-state index is 0.222. The van der Waals surface area contributed by atoms with E-state index in [4.69, 9.17) is 0 Å². The fourth-order valence-electron chi connectivity index (χ4n) is 3.20. The summed E-state index contributed by atoms with van der Waals surface area (Å²) >= 11 is 0. The third-order valence-electron chi connectivity index (χ3n) is 4.86. The molecule has 0 amide bonds. The number of pyridine rings is 1. The van der Waals surface area contributed by atoms with Crippen LogP contribution in [0.15, 0.2) is 24.4 Å². The van der Waals surface area contributed by atoms with Crippen molar-refractivity contribution in [3.63, 3.8) is 0 Å². The van der Waals surface area contributed by atoms with Gasteiger partial charge in [-0.05, 0) is 42.7 Å². The molecular weight excluding hydrogens is 248 g/mol. The summed E-state index contributed by atoms with van der Waals surface area (Å²) in [6.45, 7) is 5.82. The van der Waals surface area contributed by atoms with Crippen molar-refractivity contribution in [2.45, 2.75) is 45.6 Å². The number of hydrogen-bond acceptors (Lipinski definition) is 3. The smallest absolute Gasteiger partial charge is 0.0475 e. The summed E-state index contributed by atoms with van der Waals surface area (Å²) in [5.74, 6) is 1.80. The van der Waals surface area contributed by atoms with Crippen LogP contribution in [0, 0.1) is 17.8 Å². The van der Waals surface area contributed by atoms with Crippen molar-refractivity contribution in [2.75, 3.05) is 13.2 Å². The van der Waals surface area contributed by atoms with E-state index in [0.29, 0.717) is 6.04 Å². The molecule has 0 unspecified atom stereocenters. The highest BCUT2D eigenvalue weighted by molar-refractivity contribution is 5.04. The quantitative estimate of drug-likeness (QED) is 0.839. The highest BCUT2D eigenvalue weighted by Crippen LogP contribution is 2.29. The second kappa shape index (κ2) is 7.75. The molecule has 1 aliphatic rings. The first-order valence-corrected chi connectivity index (χ1v) is 7.95. The SMILES string of the molecule is C[C@@H]1[C@H](C)CCC[C@@H]1NC[C@H](CO)Cc1ccccn1. The molecule has 20 heavy (non-hydrogen) atoms. The molecule has 1 aliphatic carbocycles. The molecule has 0 aromatic carbocycles. The summed E-state index contributed by atoms with van der Waals surface area (Å²) < 4.78 is 0. The van der Waals surface area contributed by atoms with E-state index >= 15 is 0 Å². The molecule has 0 saturated heterocycles. The summed E-state index contributed by atoms with van der Waals surface area (Å²) in [6, 6.07) is 6.58. The van der Waals surface area contributed by atoms with Gasteiger partial charge in [-0.1, -0.05) is 32.8 Å². The van der Waals surface area contributed by atoms with Gasteiger partial charge in [-0.25, -0.2) is 0 Å². The molecule has 1 fully saturated rings. The van der Waals surface area contributed by atoms with Gasteiger partial charge in [0.2, 0.25) is 0 Å². The van der Waals surface area contributed by atoms with E-state index in [1.54, 1.807) is 0 Å². The number of rotatable bonds is 6. The average Bonchev–Trinajstić information content (AvgIpc) is 2.48. The third kappa shape index (κ3) is 4.29. The number of hydrogen-bond donors (Lipinski definition) is 2. The Morgan fingerprint density at radius 3 is 2.90 bits per heavy atom. The van der Waals surface area contributed by atoms with Crippen LogP contribution in [-0.4, -0.2) is 29.3 Å². The molecule has 0 spiro atoms. The van der Waals surface area contributed by atoms with E-state index in [0.717, 1.165) is 30.5 Å². The summed E-state index contributed by atoms with van der Waals surface area (Å²) in [7, 11) is 0. The monoisotopic (exact) mass is 276 g/mol. The Balaban J connectivity index is 1.81. The molecule has 0 radical (unpaired) electrons. The lowest BCUT2D eigenvalue weighted by Crippen LogP contribution is -2.43. The number of nitrogens with one attached hydrogen (secondary N) is 1. The van der Waals surface area contributed by atoms with Crippen molar-refractivity contribution >= 4 is 0 Å². The summed E-state index contributed by atoms with van der Waals surface area (Å²) in [5.41, 5.74) is 1.07. The Morgan fingerprint density at radius 1 is 1.35 bits per heavy atom. The summed E-state index contributed by atoms with van der Waals surface area (Å²) in [4.78, 5) is 4.35. The van der Waals surface area contributed by atoms with Gasteiger partial charge in [0.05, 0.1) is 0 Å². The average molecular weight is 276 g/mol. The predicted molar refractivity (Wildman–Crippen MR) is 82.5 cm³/mol. The van der Waals surface area contributed by atoms with Crippen LogP contribution in [-0.2, 0) is 6.42 Å². The maximum absolute atomic E-state index is 9.57. The van der Waals surface area contributed by atoms with E-state index in [-0.39, 0.29) is 12.5 Å². The predicted octanol–water partition coefficient (Wildman–Crippen LogP) is 2.65. The fraction of sp³-hybridized carbons (Fsp3) is 0.706. The first kappa shape index (κ1) is 15.5. The van der Waals surface area contributed by atoms with Crippen LogP contribution in [0.1, 0.15) is 38.8 Å². The highest BCUT2D eigenvalue weighted by Gasteiger charge is 2.27. The topological polar surface area (TPSA) is 45.1 Å². The number of aromatic nitrogens is 1. The molecule has 2 N–H and O–H groups in total.